The average Bonchev–Trinajstić information content (AvgIpc) is 2.70. The molecule has 20 heavy (non-hydrogen) atoms. The summed E-state index contributed by atoms with van der Waals surface area (Å²) in [5.41, 5.74) is 5.28. The van der Waals surface area contributed by atoms with Gasteiger partial charge in [-0.25, -0.2) is 13.4 Å². The van der Waals surface area contributed by atoms with E-state index in [1.54, 1.807) is 14.0 Å². The number of rotatable bonds is 3. The normalized spacial score (nSPS) is 24.8. The number of aromatic nitrogens is 2. The molecule has 0 spiro atoms. The number of aryl methyl sites for hydroxylation is 1. The number of halogens is 1. The Hall–Kier alpha value is -1.12. The zero-order valence-corrected chi connectivity index (χ0v) is 12.9. The third-order valence-corrected chi connectivity index (χ3v) is 6.09. The molecule has 2 heterocycles. The number of imidazole rings is 1. The maximum Gasteiger partial charge on any atom is 0.263 e. The third kappa shape index (κ3) is 2.55. The zero-order valence-electron chi connectivity index (χ0n) is 11.3. The molecular formula is C11H17ClN4O3S. The lowest BCUT2D eigenvalue weighted by Crippen LogP contribution is -2.48. The fourth-order valence-electron chi connectivity index (χ4n) is 2.32. The number of carbonyl (C=O) groups is 1. The predicted molar refractivity (Wildman–Crippen MR) is 73.5 cm³/mol. The summed E-state index contributed by atoms with van der Waals surface area (Å²) in [6.45, 7) is 1.87. The molecule has 0 bridgehead atoms. The molecule has 7 nitrogen and oxygen atoms in total. The van der Waals surface area contributed by atoms with Gasteiger partial charge in [0.1, 0.15) is 5.15 Å². The van der Waals surface area contributed by atoms with Crippen molar-refractivity contribution in [3.05, 3.63) is 11.5 Å². The molecule has 1 aromatic heterocycles. The van der Waals surface area contributed by atoms with Gasteiger partial charge in [-0.3, -0.25) is 4.79 Å². The van der Waals surface area contributed by atoms with Gasteiger partial charge in [-0.2, -0.15) is 4.31 Å². The predicted octanol–water partition coefficient (Wildman–Crippen LogP) is 0.348. The second-order valence-corrected chi connectivity index (χ2v) is 7.22. The van der Waals surface area contributed by atoms with Gasteiger partial charge < -0.3 is 10.3 Å². The minimum Gasteiger partial charge on any atom is -0.369 e. The maximum absolute atomic E-state index is 12.6. The van der Waals surface area contributed by atoms with E-state index in [9.17, 15) is 13.2 Å². The van der Waals surface area contributed by atoms with Gasteiger partial charge >= 0.3 is 0 Å². The van der Waals surface area contributed by atoms with E-state index in [2.05, 4.69) is 4.98 Å². The first-order valence-corrected chi connectivity index (χ1v) is 8.05. The molecule has 2 unspecified atom stereocenters. The molecule has 2 atom stereocenters. The summed E-state index contributed by atoms with van der Waals surface area (Å²) in [5, 5.41) is -0.128. The number of sulfonamides is 1. The second-order valence-electron chi connectivity index (χ2n) is 5.05. The Labute approximate surface area is 122 Å². The molecule has 1 aromatic rings. The number of primary amides is 1. The van der Waals surface area contributed by atoms with Crippen molar-refractivity contribution in [1.29, 1.82) is 0 Å². The summed E-state index contributed by atoms with van der Waals surface area (Å²) >= 11 is 5.96. The lowest BCUT2D eigenvalue weighted by molar-refractivity contribution is -0.123. The van der Waals surface area contributed by atoms with E-state index in [1.807, 2.05) is 0 Å². The number of hydrogen-bond acceptors (Lipinski definition) is 4. The van der Waals surface area contributed by atoms with Crippen LogP contribution in [0.5, 0.6) is 0 Å². The van der Waals surface area contributed by atoms with Gasteiger partial charge in [-0.1, -0.05) is 11.6 Å². The van der Waals surface area contributed by atoms with Gasteiger partial charge in [0.15, 0.2) is 0 Å². The average molecular weight is 321 g/mol. The zero-order chi connectivity index (χ0) is 15.1. The summed E-state index contributed by atoms with van der Waals surface area (Å²) in [6.07, 6.45) is 2.52. The summed E-state index contributed by atoms with van der Waals surface area (Å²) in [5.74, 6) is -0.951. The number of hydrogen-bond donors (Lipinski definition) is 1. The molecule has 1 amide bonds. The highest BCUT2D eigenvalue weighted by Crippen LogP contribution is 2.30. The van der Waals surface area contributed by atoms with Gasteiger partial charge in [0.05, 0.1) is 12.2 Å². The van der Waals surface area contributed by atoms with E-state index in [0.29, 0.717) is 12.8 Å². The van der Waals surface area contributed by atoms with Crippen molar-refractivity contribution in [3.8, 4) is 0 Å². The van der Waals surface area contributed by atoms with Crippen molar-refractivity contribution in [2.75, 3.05) is 6.54 Å². The Kier molecular flexibility index (Phi) is 4.08. The number of carbonyl (C=O) groups excluding carboxylic acids is 1. The molecule has 0 saturated carbocycles. The molecule has 112 valence electrons. The summed E-state index contributed by atoms with van der Waals surface area (Å²) in [7, 11) is -2.21. The van der Waals surface area contributed by atoms with Gasteiger partial charge in [0, 0.05) is 19.6 Å². The Morgan fingerprint density at radius 2 is 2.15 bits per heavy atom. The van der Waals surface area contributed by atoms with Crippen molar-refractivity contribution in [2.45, 2.75) is 30.8 Å². The highest BCUT2D eigenvalue weighted by molar-refractivity contribution is 7.89. The van der Waals surface area contributed by atoms with Crippen LogP contribution in [0.1, 0.15) is 19.8 Å². The Morgan fingerprint density at radius 1 is 1.50 bits per heavy atom. The molecule has 1 aliphatic rings. The van der Waals surface area contributed by atoms with Crippen LogP contribution in [0.4, 0.5) is 0 Å². The van der Waals surface area contributed by atoms with E-state index < -0.39 is 21.8 Å². The van der Waals surface area contributed by atoms with Crippen LogP contribution >= 0.6 is 11.6 Å². The van der Waals surface area contributed by atoms with Crippen LogP contribution in [0.3, 0.4) is 0 Å². The molecule has 1 fully saturated rings. The highest BCUT2D eigenvalue weighted by Gasteiger charge is 2.39. The number of piperidine rings is 1. The quantitative estimate of drug-likeness (QED) is 0.868. The van der Waals surface area contributed by atoms with Gasteiger partial charge in [0.2, 0.25) is 10.9 Å². The van der Waals surface area contributed by atoms with E-state index in [0.717, 1.165) is 0 Å². The molecule has 0 radical (unpaired) electrons. The smallest absolute Gasteiger partial charge is 0.263 e. The lowest BCUT2D eigenvalue weighted by atomic mass is 9.95. The van der Waals surface area contributed by atoms with Crippen molar-refractivity contribution in [2.24, 2.45) is 18.7 Å². The topological polar surface area (TPSA) is 98.3 Å². The minimum atomic E-state index is -3.83. The van der Waals surface area contributed by atoms with Crippen LogP contribution in [0.25, 0.3) is 0 Å². The third-order valence-electron chi connectivity index (χ3n) is 3.61. The van der Waals surface area contributed by atoms with Crippen molar-refractivity contribution in [3.63, 3.8) is 0 Å². The van der Waals surface area contributed by atoms with E-state index in [4.69, 9.17) is 17.3 Å². The standard InChI is InChI=1S/C11H17ClN4O3S/c1-7-3-4-8(10(13)17)5-16(7)20(18,19)11-9(12)15(2)6-14-11/h6-8H,3-5H2,1-2H3,(H2,13,17). The summed E-state index contributed by atoms with van der Waals surface area (Å²) in [4.78, 5) is 15.1. The largest absolute Gasteiger partial charge is 0.369 e. The van der Waals surface area contributed by atoms with Crippen LogP contribution < -0.4 is 5.73 Å². The van der Waals surface area contributed by atoms with Crippen LogP contribution in [0, 0.1) is 5.92 Å². The number of nitrogens with zero attached hydrogens (tertiary/aromatic N) is 3. The van der Waals surface area contributed by atoms with Gasteiger partial charge in [0.25, 0.3) is 10.0 Å². The number of nitrogens with two attached hydrogens (primary N) is 1. The van der Waals surface area contributed by atoms with Crippen LogP contribution in [-0.2, 0) is 21.9 Å². The van der Waals surface area contributed by atoms with Crippen LogP contribution in [0.15, 0.2) is 11.4 Å². The Bertz CT molecular complexity index is 628. The molecule has 0 aromatic carbocycles. The molecule has 0 aliphatic carbocycles. The van der Waals surface area contributed by atoms with Crippen molar-refractivity contribution >= 4 is 27.5 Å². The molecule has 2 N–H and O–H groups in total. The van der Waals surface area contributed by atoms with E-state index in [-0.39, 0.29) is 22.8 Å². The van der Waals surface area contributed by atoms with Gasteiger partial charge in [-0.15, -0.1) is 0 Å². The first-order chi connectivity index (χ1) is 9.25. The highest BCUT2D eigenvalue weighted by atomic mass is 35.5. The van der Waals surface area contributed by atoms with Crippen molar-refractivity contribution in [1.82, 2.24) is 13.9 Å². The van der Waals surface area contributed by atoms with Crippen LogP contribution in [-0.4, -0.2) is 40.8 Å². The summed E-state index contributed by atoms with van der Waals surface area (Å²) in [6, 6.07) is -0.214. The fourth-order valence-corrected chi connectivity index (χ4v) is 4.42. The fraction of sp³-hybridized carbons (Fsp3) is 0.636. The maximum atomic E-state index is 12.6. The van der Waals surface area contributed by atoms with Crippen molar-refractivity contribution < 1.29 is 13.2 Å². The van der Waals surface area contributed by atoms with Crippen LogP contribution in [0.2, 0.25) is 5.15 Å². The van der Waals surface area contributed by atoms with E-state index in [1.165, 1.54) is 15.2 Å². The Balaban J connectivity index is 2.37. The first kappa shape index (κ1) is 15.3. The second kappa shape index (κ2) is 5.34. The van der Waals surface area contributed by atoms with Gasteiger partial charge in [-0.05, 0) is 19.8 Å². The summed E-state index contributed by atoms with van der Waals surface area (Å²) < 4.78 is 27.9. The molecular weight excluding hydrogens is 304 g/mol. The lowest BCUT2D eigenvalue weighted by Gasteiger charge is -2.35. The monoisotopic (exact) mass is 320 g/mol. The number of amides is 1. The molecule has 1 aliphatic heterocycles. The molecule has 1 saturated heterocycles. The molecule has 2 rings (SSSR count). The minimum absolute atomic E-state index is 0.0541. The first-order valence-electron chi connectivity index (χ1n) is 6.23. The Morgan fingerprint density at radius 3 is 2.65 bits per heavy atom. The SMILES string of the molecule is CC1CCC(C(N)=O)CN1S(=O)(=O)c1ncn(C)c1Cl. The van der Waals surface area contributed by atoms with E-state index >= 15 is 0 Å². The molecule has 9 heteroatoms.